The first kappa shape index (κ1) is 30.0. The van der Waals surface area contributed by atoms with Gasteiger partial charge in [0.1, 0.15) is 29.7 Å². The average Bonchev–Trinajstić information content (AvgIpc) is 2.90. The first-order valence-electron chi connectivity index (χ1n) is 14.4. The fourth-order valence-corrected chi connectivity index (χ4v) is 6.49. The number of fused-ring (bicyclic) bond motifs is 1. The zero-order valence-electron chi connectivity index (χ0n) is 24.5. The molecule has 1 aromatic carbocycles. The quantitative estimate of drug-likeness (QED) is 0.380. The van der Waals surface area contributed by atoms with Crippen molar-refractivity contribution in [2.24, 2.45) is 5.41 Å². The minimum atomic E-state index is -0.493. The number of ether oxygens (including phenoxy) is 2. The largest absolute Gasteiger partial charge is 0.490 e. The average molecular weight is 597 g/mol. The second-order valence-electron chi connectivity index (χ2n) is 12.0. The van der Waals surface area contributed by atoms with Crippen molar-refractivity contribution in [3.8, 4) is 17.2 Å². The zero-order valence-corrected chi connectivity index (χ0v) is 25.3. The van der Waals surface area contributed by atoms with Gasteiger partial charge in [0, 0.05) is 67.6 Å². The van der Waals surface area contributed by atoms with Crippen molar-refractivity contribution in [3.05, 3.63) is 65.6 Å². The van der Waals surface area contributed by atoms with Crippen molar-refractivity contribution < 1.29 is 18.7 Å². The Hall–Kier alpha value is -3.50. The predicted molar refractivity (Wildman–Crippen MR) is 160 cm³/mol. The van der Waals surface area contributed by atoms with Crippen LogP contribution < -0.4 is 19.7 Å². The van der Waals surface area contributed by atoms with Gasteiger partial charge in [-0.15, -0.1) is 12.4 Å². The van der Waals surface area contributed by atoms with Crippen molar-refractivity contribution in [2.75, 3.05) is 24.5 Å². The Morgan fingerprint density at radius 2 is 1.86 bits per heavy atom. The molecule has 1 amide bonds. The summed E-state index contributed by atoms with van der Waals surface area (Å²) in [5.74, 6) is 1.55. The molecule has 2 fully saturated rings. The number of amides is 1. The molecule has 11 heteroatoms. The van der Waals surface area contributed by atoms with Gasteiger partial charge in [-0.1, -0.05) is 0 Å². The minimum Gasteiger partial charge on any atom is -0.490 e. The lowest BCUT2D eigenvalue weighted by molar-refractivity contribution is -0.0349. The van der Waals surface area contributed by atoms with Crippen LogP contribution in [0.25, 0.3) is 0 Å². The summed E-state index contributed by atoms with van der Waals surface area (Å²) >= 11 is 0. The summed E-state index contributed by atoms with van der Waals surface area (Å²) in [6.45, 7) is 11.2. The SMILES string of the molecule is CC(C)N(C(=O)c1cc(F)ccc1Oc1cncnc1N1CC2(CC(Oc3ccnc4c3CNCC4)C2)C1)C(C)C.Cl. The van der Waals surface area contributed by atoms with Gasteiger partial charge in [-0.3, -0.25) is 9.78 Å². The van der Waals surface area contributed by atoms with Crippen LogP contribution in [-0.2, 0) is 13.0 Å². The molecular formula is C31H38ClFN6O3. The predicted octanol–water partition coefficient (Wildman–Crippen LogP) is 5.18. The highest BCUT2D eigenvalue weighted by atomic mass is 35.5. The summed E-state index contributed by atoms with van der Waals surface area (Å²) in [6, 6.07) is 5.90. The Morgan fingerprint density at radius 1 is 1.10 bits per heavy atom. The maximum Gasteiger partial charge on any atom is 0.258 e. The maximum atomic E-state index is 14.3. The van der Waals surface area contributed by atoms with E-state index >= 15 is 0 Å². The fraction of sp³-hybridized carbons (Fsp3) is 0.484. The molecule has 0 unspecified atom stereocenters. The molecule has 4 heterocycles. The van der Waals surface area contributed by atoms with Gasteiger partial charge in [0.25, 0.3) is 5.91 Å². The number of nitrogens with one attached hydrogen (secondary N) is 1. The molecule has 0 atom stereocenters. The minimum absolute atomic E-state index is 0. The van der Waals surface area contributed by atoms with Gasteiger partial charge in [-0.25, -0.2) is 14.4 Å². The Kier molecular flexibility index (Phi) is 8.57. The summed E-state index contributed by atoms with van der Waals surface area (Å²) < 4.78 is 26.9. The van der Waals surface area contributed by atoms with Gasteiger partial charge in [-0.2, -0.15) is 0 Å². The Labute approximate surface area is 252 Å². The highest BCUT2D eigenvalue weighted by Gasteiger charge is 2.54. The third-order valence-corrected chi connectivity index (χ3v) is 8.31. The molecule has 1 N–H and O–H groups in total. The van der Waals surface area contributed by atoms with E-state index in [1.165, 1.54) is 30.1 Å². The summed E-state index contributed by atoms with van der Waals surface area (Å²) in [5.41, 5.74) is 2.68. The molecule has 1 aliphatic carbocycles. The van der Waals surface area contributed by atoms with Crippen molar-refractivity contribution in [1.82, 2.24) is 25.2 Å². The highest BCUT2D eigenvalue weighted by molar-refractivity contribution is 5.97. The Bertz CT molecular complexity index is 1430. The monoisotopic (exact) mass is 596 g/mol. The third kappa shape index (κ3) is 5.74. The number of rotatable bonds is 8. The highest BCUT2D eigenvalue weighted by Crippen LogP contribution is 2.52. The number of aromatic nitrogens is 3. The van der Waals surface area contributed by atoms with E-state index in [-0.39, 0.29) is 53.2 Å². The molecular weight excluding hydrogens is 559 g/mol. The smallest absolute Gasteiger partial charge is 0.258 e. The van der Waals surface area contributed by atoms with Crippen molar-refractivity contribution in [2.45, 2.75) is 71.7 Å². The van der Waals surface area contributed by atoms with E-state index in [1.54, 1.807) is 11.1 Å². The Balaban J connectivity index is 0.00000353. The lowest BCUT2D eigenvalue weighted by Crippen LogP contribution is -2.65. The van der Waals surface area contributed by atoms with E-state index in [1.807, 2.05) is 40.0 Å². The summed E-state index contributed by atoms with van der Waals surface area (Å²) in [7, 11) is 0. The molecule has 3 aromatic rings. The molecule has 42 heavy (non-hydrogen) atoms. The van der Waals surface area contributed by atoms with Crippen LogP contribution in [0.1, 0.15) is 62.2 Å². The van der Waals surface area contributed by atoms with Gasteiger partial charge >= 0.3 is 0 Å². The van der Waals surface area contributed by atoms with Crippen LogP contribution >= 0.6 is 12.4 Å². The van der Waals surface area contributed by atoms with Crippen LogP contribution in [0.3, 0.4) is 0 Å². The van der Waals surface area contributed by atoms with Gasteiger partial charge in [-0.05, 0) is 64.8 Å². The van der Waals surface area contributed by atoms with Crippen molar-refractivity contribution in [1.29, 1.82) is 0 Å². The lowest BCUT2D eigenvalue weighted by atomic mass is 9.61. The number of pyridine rings is 1. The molecule has 2 aromatic heterocycles. The fourth-order valence-electron chi connectivity index (χ4n) is 6.49. The lowest BCUT2D eigenvalue weighted by Gasteiger charge is -2.59. The number of halogens is 2. The van der Waals surface area contributed by atoms with Crippen LogP contribution in [0, 0.1) is 11.2 Å². The van der Waals surface area contributed by atoms with Crippen LogP contribution in [-0.4, -0.2) is 63.6 Å². The molecule has 0 bridgehead atoms. The number of carbonyl (C=O) groups is 1. The second-order valence-corrected chi connectivity index (χ2v) is 12.0. The van der Waals surface area contributed by atoms with Crippen LogP contribution in [0.5, 0.6) is 17.2 Å². The molecule has 0 radical (unpaired) electrons. The molecule has 2 aliphatic heterocycles. The maximum absolute atomic E-state index is 14.3. The van der Waals surface area contributed by atoms with Crippen molar-refractivity contribution in [3.63, 3.8) is 0 Å². The summed E-state index contributed by atoms with van der Waals surface area (Å²) in [6.07, 6.45) is 8.01. The number of hydrogen-bond donors (Lipinski definition) is 1. The molecule has 1 saturated heterocycles. The number of carbonyl (C=O) groups excluding carboxylic acids is 1. The van der Waals surface area contributed by atoms with E-state index in [2.05, 4.69) is 25.2 Å². The molecule has 224 valence electrons. The standard InChI is InChI=1S/C31H37FN6O3.ClH/c1-19(2)38(20(3)4)30(39)23-11-21(32)5-6-26(23)41-28-15-34-18-36-29(28)37-16-31(17-37)12-22(13-31)40-27-8-10-35-25-7-9-33-14-24(25)27;/h5-6,8,10-11,15,18-20,22,33H,7,9,12-14,16-17H2,1-4H3;1H. The molecule has 3 aliphatic rings. The zero-order chi connectivity index (χ0) is 28.7. The molecule has 9 nitrogen and oxygen atoms in total. The summed E-state index contributed by atoms with van der Waals surface area (Å²) in [4.78, 5) is 30.6. The number of anilines is 1. The van der Waals surface area contributed by atoms with Crippen LogP contribution in [0.4, 0.5) is 10.2 Å². The van der Waals surface area contributed by atoms with Gasteiger partial charge in [0.05, 0.1) is 11.8 Å². The number of nitrogens with zero attached hydrogens (tertiary/aromatic N) is 5. The number of benzene rings is 1. The molecule has 1 spiro atoms. The van der Waals surface area contributed by atoms with E-state index in [0.29, 0.717) is 11.6 Å². The third-order valence-electron chi connectivity index (χ3n) is 8.31. The Morgan fingerprint density at radius 3 is 2.60 bits per heavy atom. The van der Waals surface area contributed by atoms with Crippen LogP contribution in [0.2, 0.25) is 0 Å². The first-order valence-corrected chi connectivity index (χ1v) is 14.4. The normalized spacial score (nSPS) is 17.3. The second kappa shape index (κ2) is 12.0. The molecule has 6 rings (SSSR count). The molecule has 1 saturated carbocycles. The van der Waals surface area contributed by atoms with Gasteiger partial charge in [0.2, 0.25) is 0 Å². The van der Waals surface area contributed by atoms with E-state index in [4.69, 9.17) is 9.47 Å². The van der Waals surface area contributed by atoms with Gasteiger partial charge < -0.3 is 24.6 Å². The van der Waals surface area contributed by atoms with E-state index in [9.17, 15) is 9.18 Å². The van der Waals surface area contributed by atoms with Gasteiger partial charge in [0.15, 0.2) is 11.6 Å². The summed E-state index contributed by atoms with van der Waals surface area (Å²) in [5, 5.41) is 3.41. The van der Waals surface area contributed by atoms with Crippen LogP contribution in [0.15, 0.2) is 43.0 Å². The number of hydrogen-bond acceptors (Lipinski definition) is 8. The topological polar surface area (TPSA) is 92.7 Å². The first-order chi connectivity index (χ1) is 19.7. The van der Waals surface area contributed by atoms with Crippen molar-refractivity contribution >= 4 is 24.1 Å². The van der Waals surface area contributed by atoms with E-state index < -0.39 is 5.82 Å². The van der Waals surface area contributed by atoms with E-state index in [0.717, 1.165) is 56.9 Å².